The number of nitrogens with one attached hydrogen (secondary N) is 1. The Balaban J connectivity index is 0. The van der Waals surface area contributed by atoms with Gasteiger partial charge in [-0.1, -0.05) is 27.2 Å². The number of amidine groups is 1. The third-order valence-electron chi connectivity index (χ3n) is 3.86. The summed E-state index contributed by atoms with van der Waals surface area (Å²) in [7, 11) is 0. The minimum Gasteiger partial charge on any atom is -0.846 e. The second-order valence-electron chi connectivity index (χ2n) is 5.38. The number of hydrogen-bond donors (Lipinski definition) is 2. The largest absolute Gasteiger partial charge is 1.00 e. The zero-order valence-corrected chi connectivity index (χ0v) is 17.5. The molecule has 0 saturated carbocycles. The van der Waals surface area contributed by atoms with Crippen molar-refractivity contribution < 1.29 is 54.2 Å². The van der Waals surface area contributed by atoms with Crippen LogP contribution in [0.5, 0.6) is 0 Å². The zero-order valence-electron chi connectivity index (χ0n) is 14.7. The molecule has 2 unspecified atom stereocenters. The summed E-state index contributed by atoms with van der Waals surface area (Å²) < 4.78 is 0. The van der Waals surface area contributed by atoms with E-state index >= 15 is 0 Å². The predicted octanol–water partition coefficient (Wildman–Crippen LogP) is -1.71. The van der Waals surface area contributed by atoms with E-state index in [2.05, 4.69) is 10.3 Å². The van der Waals surface area contributed by atoms with Crippen molar-refractivity contribution >= 4 is 35.4 Å². The Morgan fingerprint density at radius 1 is 1.42 bits per heavy atom. The molecule has 1 heterocycles. The maximum Gasteiger partial charge on any atom is 1.00 e. The summed E-state index contributed by atoms with van der Waals surface area (Å²) in [5.41, 5.74) is -1.15. The molecule has 0 saturated heterocycles. The van der Waals surface area contributed by atoms with Gasteiger partial charge in [0.05, 0.1) is 6.02 Å². The summed E-state index contributed by atoms with van der Waals surface area (Å²) >= 11 is 5.18. The molecule has 0 fully saturated rings. The number of rotatable bonds is 7. The molecule has 2 N–H and O–H groups in total. The van der Waals surface area contributed by atoms with E-state index in [-0.39, 0.29) is 41.9 Å². The average molecular weight is 371 g/mol. The summed E-state index contributed by atoms with van der Waals surface area (Å²) in [5.74, 6) is -1.54. The van der Waals surface area contributed by atoms with Crippen LogP contribution in [0.3, 0.4) is 0 Å². The van der Waals surface area contributed by atoms with Crippen LogP contribution in [0.1, 0.15) is 52.9 Å². The van der Waals surface area contributed by atoms with Crippen LogP contribution in [0.2, 0.25) is 0 Å². The molecule has 24 heavy (non-hydrogen) atoms. The van der Waals surface area contributed by atoms with Gasteiger partial charge in [0.1, 0.15) is 5.41 Å². The third-order valence-corrected chi connectivity index (χ3v) is 4.12. The molecule has 7 nitrogen and oxygen atoms in total. The number of halogens is 1. The Kier molecular flexibility index (Phi) is 13.5. The van der Waals surface area contributed by atoms with Gasteiger partial charge in [-0.05, 0) is 25.2 Å². The molecular formula is C15H24ClN2NaO5. The number of hydrogen-bond acceptors (Lipinski definition) is 4. The molecule has 1 aliphatic heterocycles. The van der Waals surface area contributed by atoms with E-state index in [9.17, 15) is 19.5 Å². The van der Waals surface area contributed by atoms with Gasteiger partial charge < -0.3 is 15.5 Å². The number of carbonyl (C=O) groups excluding carboxylic acids is 2. The van der Waals surface area contributed by atoms with E-state index in [1.807, 2.05) is 13.8 Å². The monoisotopic (exact) mass is 370 g/mol. The van der Waals surface area contributed by atoms with Crippen molar-refractivity contribution in [3.05, 3.63) is 0 Å². The molecule has 0 aromatic heterocycles. The van der Waals surface area contributed by atoms with Crippen molar-refractivity contribution in [2.45, 2.75) is 52.9 Å². The molecule has 132 valence electrons. The zero-order chi connectivity index (χ0) is 18.0. The fourth-order valence-electron chi connectivity index (χ4n) is 2.52. The minimum atomic E-state index is -1.15. The number of carboxylic acid groups (broad SMARTS) is 1. The number of aliphatic carboxylic acids is 1. The van der Waals surface area contributed by atoms with Crippen molar-refractivity contribution in [3.63, 3.8) is 0 Å². The van der Waals surface area contributed by atoms with Crippen molar-refractivity contribution in [2.75, 3.05) is 5.88 Å². The topological polar surface area (TPSA) is 119 Å². The van der Waals surface area contributed by atoms with Crippen LogP contribution < -0.4 is 40.0 Å². The molecule has 9 heteroatoms. The summed E-state index contributed by atoms with van der Waals surface area (Å²) in [6.45, 7) is 5.62. The molecule has 0 aliphatic carbocycles. The molecule has 1 rings (SSSR count). The standard InChI is InChI=1S/C11H18N2O3.C4H7ClO2.Na/c1-4-6-7(3)11(5-2)8(14)12-10(16)13-9(11)15;5-3-1-2-4(6)7;/h7H,4-6H2,1-3H3,(H2,12,13,14,15,16);1-3H2,(H,6,7);/q;;+1/p-1. The van der Waals surface area contributed by atoms with E-state index in [1.165, 1.54) is 0 Å². The van der Waals surface area contributed by atoms with Crippen LogP contribution in [-0.4, -0.2) is 34.8 Å². The molecule has 0 spiro atoms. The van der Waals surface area contributed by atoms with E-state index in [0.29, 0.717) is 18.7 Å². The Morgan fingerprint density at radius 2 is 2.00 bits per heavy atom. The maximum atomic E-state index is 11.9. The van der Waals surface area contributed by atoms with Gasteiger partial charge >= 0.3 is 35.5 Å². The van der Waals surface area contributed by atoms with Gasteiger partial charge in [0.2, 0.25) is 5.91 Å². The van der Waals surface area contributed by atoms with E-state index in [0.717, 1.165) is 12.8 Å². The summed E-state index contributed by atoms with van der Waals surface area (Å²) in [6.07, 6.45) is 2.77. The molecule has 2 atom stereocenters. The molecule has 0 bridgehead atoms. The Bertz CT molecular complexity index is 473. The van der Waals surface area contributed by atoms with Crippen LogP contribution in [0.4, 0.5) is 0 Å². The fourth-order valence-corrected chi connectivity index (χ4v) is 2.65. The van der Waals surface area contributed by atoms with E-state index in [4.69, 9.17) is 16.7 Å². The number of aliphatic imine (C=N–C) groups is 1. The summed E-state index contributed by atoms with van der Waals surface area (Å²) in [4.78, 5) is 36.8. The van der Waals surface area contributed by atoms with Gasteiger partial charge in [-0.3, -0.25) is 14.4 Å². The number of carboxylic acids is 1. The first kappa shape index (κ1) is 25.6. The van der Waals surface area contributed by atoms with Crippen LogP contribution in [-0.2, 0) is 14.4 Å². The minimum absolute atomic E-state index is 0. The SMILES string of the molecule is CCCC(C)C1(CC)C(=O)N=C([O-])NC1=O.O=C(O)CCCCl.[Na+]. The van der Waals surface area contributed by atoms with Crippen LogP contribution in [0.15, 0.2) is 4.99 Å². The summed E-state index contributed by atoms with van der Waals surface area (Å²) in [5, 5.41) is 21.1. The Morgan fingerprint density at radius 3 is 2.33 bits per heavy atom. The molecular weight excluding hydrogens is 347 g/mol. The molecule has 1 aliphatic rings. The predicted molar refractivity (Wildman–Crippen MR) is 85.0 cm³/mol. The van der Waals surface area contributed by atoms with Crippen LogP contribution in [0.25, 0.3) is 0 Å². The number of nitrogens with zero attached hydrogens (tertiary/aromatic N) is 1. The van der Waals surface area contributed by atoms with E-state index < -0.39 is 29.2 Å². The van der Waals surface area contributed by atoms with Crippen molar-refractivity contribution in [2.24, 2.45) is 16.3 Å². The van der Waals surface area contributed by atoms with Crippen LogP contribution in [0, 0.1) is 11.3 Å². The van der Waals surface area contributed by atoms with Crippen molar-refractivity contribution in [1.82, 2.24) is 5.32 Å². The van der Waals surface area contributed by atoms with Crippen LogP contribution >= 0.6 is 11.6 Å². The first-order chi connectivity index (χ1) is 10.8. The van der Waals surface area contributed by atoms with Gasteiger partial charge in [0.25, 0.3) is 5.91 Å². The maximum absolute atomic E-state index is 11.9. The normalized spacial score (nSPS) is 20.8. The molecule has 0 radical (unpaired) electrons. The van der Waals surface area contributed by atoms with E-state index in [1.54, 1.807) is 6.92 Å². The smallest absolute Gasteiger partial charge is 0.846 e. The third kappa shape index (κ3) is 7.09. The first-order valence-corrected chi connectivity index (χ1v) is 8.18. The first-order valence-electron chi connectivity index (χ1n) is 7.65. The van der Waals surface area contributed by atoms with Crippen molar-refractivity contribution in [1.29, 1.82) is 0 Å². The van der Waals surface area contributed by atoms with Gasteiger partial charge in [-0.2, -0.15) is 0 Å². The molecule has 0 aromatic carbocycles. The molecule has 2 amide bonds. The van der Waals surface area contributed by atoms with Crippen molar-refractivity contribution in [3.8, 4) is 0 Å². The van der Waals surface area contributed by atoms with Gasteiger partial charge in [-0.15, -0.1) is 11.6 Å². The fraction of sp³-hybridized carbons (Fsp3) is 0.733. The average Bonchev–Trinajstić information content (AvgIpc) is 2.46. The van der Waals surface area contributed by atoms with Gasteiger partial charge in [0, 0.05) is 12.3 Å². The summed E-state index contributed by atoms with van der Waals surface area (Å²) in [6, 6.07) is -0.845. The molecule has 0 aromatic rings. The number of alkyl halides is 1. The van der Waals surface area contributed by atoms with Gasteiger partial charge in [-0.25, -0.2) is 4.99 Å². The van der Waals surface area contributed by atoms with Gasteiger partial charge in [0.15, 0.2) is 0 Å². The number of amides is 2. The number of carbonyl (C=O) groups is 3. The second-order valence-corrected chi connectivity index (χ2v) is 5.76. The second kappa shape index (κ2) is 12.7. The Hall–Kier alpha value is -0.630. The quantitative estimate of drug-likeness (QED) is 0.314. The Labute approximate surface area is 169 Å².